The van der Waals surface area contributed by atoms with Crippen LogP contribution in [0, 0.1) is 17.8 Å². The lowest BCUT2D eigenvalue weighted by Crippen LogP contribution is -2.52. The van der Waals surface area contributed by atoms with E-state index >= 15 is 0 Å². The Morgan fingerprint density at radius 3 is 2.14 bits per heavy atom. The average molecular weight is 610 g/mol. The summed E-state index contributed by atoms with van der Waals surface area (Å²) in [4.78, 5) is 69.6. The fourth-order valence-corrected chi connectivity index (χ4v) is 4.85. The molecule has 1 unspecified atom stereocenters. The van der Waals surface area contributed by atoms with Crippen molar-refractivity contribution in [2.24, 2.45) is 17.8 Å². The minimum Gasteiger partial charge on any atom is -0.445 e. The van der Waals surface area contributed by atoms with Gasteiger partial charge < -0.3 is 30.3 Å². The van der Waals surface area contributed by atoms with Crippen LogP contribution in [0.15, 0.2) is 54.9 Å². The number of nitrogens with zero attached hydrogens (tertiary/aromatic N) is 2. The van der Waals surface area contributed by atoms with Crippen LogP contribution in [0.2, 0.25) is 0 Å². The molecule has 4 amide bonds. The van der Waals surface area contributed by atoms with Crippen LogP contribution in [0.1, 0.15) is 51.7 Å². The van der Waals surface area contributed by atoms with Crippen LogP contribution in [0.5, 0.6) is 0 Å². The summed E-state index contributed by atoms with van der Waals surface area (Å²) < 4.78 is 10.5. The number of pyridine rings is 1. The van der Waals surface area contributed by atoms with E-state index in [9.17, 15) is 24.0 Å². The van der Waals surface area contributed by atoms with Crippen LogP contribution < -0.4 is 16.0 Å². The van der Waals surface area contributed by atoms with Crippen LogP contribution in [-0.4, -0.2) is 71.4 Å². The minimum absolute atomic E-state index is 0.00264. The number of rotatable bonds is 14. The number of alkyl carbamates (subject to hydrolysis) is 2. The van der Waals surface area contributed by atoms with Gasteiger partial charge in [0.15, 0.2) is 5.78 Å². The highest BCUT2D eigenvalue weighted by atomic mass is 16.6. The Labute approximate surface area is 258 Å². The third kappa shape index (κ3) is 11.3. The van der Waals surface area contributed by atoms with E-state index in [-0.39, 0.29) is 56.4 Å². The number of ether oxygens (including phenoxy) is 2. The van der Waals surface area contributed by atoms with E-state index < -0.39 is 36.1 Å². The normalized spacial score (nSPS) is 15.9. The number of benzene rings is 1. The van der Waals surface area contributed by atoms with Gasteiger partial charge in [0.2, 0.25) is 11.8 Å². The molecule has 1 fully saturated rings. The predicted octanol–water partition coefficient (Wildman–Crippen LogP) is 3.21. The lowest BCUT2D eigenvalue weighted by atomic mass is 9.95. The maximum absolute atomic E-state index is 13.5. The summed E-state index contributed by atoms with van der Waals surface area (Å²) in [6, 6.07) is 10.8. The van der Waals surface area contributed by atoms with Crippen molar-refractivity contribution in [2.75, 3.05) is 19.6 Å². The molecule has 3 N–H and O–H groups in total. The van der Waals surface area contributed by atoms with Gasteiger partial charge in [-0.1, -0.05) is 58.0 Å². The van der Waals surface area contributed by atoms with E-state index in [1.165, 1.54) is 4.90 Å². The first-order valence-electron chi connectivity index (χ1n) is 14.9. The molecule has 3 rings (SSSR count). The van der Waals surface area contributed by atoms with Crippen molar-refractivity contribution >= 4 is 29.8 Å². The van der Waals surface area contributed by atoms with Crippen LogP contribution in [0.3, 0.4) is 0 Å². The van der Waals surface area contributed by atoms with Crippen molar-refractivity contribution in [3.8, 4) is 0 Å². The van der Waals surface area contributed by atoms with E-state index in [4.69, 9.17) is 9.47 Å². The largest absolute Gasteiger partial charge is 0.445 e. The van der Waals surface area contributed by atoms with Crippen LogP contribution in [-0.2, 0) is 37.1 Å². The highest BCUT2D eigenvalue weighted by Gasteiger charge is 2.38. The van der Waals surface area contributed by atoms with Gasteiger partial charge in [-0.05, 0) is 47.9 Å². The van der Waals surface area contributed by atoms with Gasteiger partial charge in [-0.15, -0.1) is 0 Å². The van der Waals surface area contributed by atoms with Crippen molar-refractivity contribution in [3.63, 3.8) is 0 Å². The number of hydrogen-bond donors (Lipinski definition) is 3. The second-order valence-electron chi connectivity index (χ2n) is 11.8. The van der Waals surface area contributed by atoms with Crippen molar-refractivity contribution in [1.82, 2.24) is 25.8 Å². The molecule has 0 saturated carbocycles. The van der Waals surface area contributed by atoms with Gasteiger partial charge >= 0.3 is 12.2 Å². The van der Waals surface area contributed by atoms with Gasteiger partial charge in [0.25, 0.3) is 0 Å². The zero-order chi connectivity index (χ0) is 32.1. The molecule has 1 aliphatic heterocycles. The van der Waals surface area contributed by atoms with Crippen molar-refractivity contribution in [2.45, 2.75) is 65.8 Å². The predicted molar refractivity (Wildman–Crippen MR) is 162 cm³/mol. The number of aromatic nitrogens is 1. The molecule has 0 spiro atoms. The first kappa shape index (κ1) is 34.0. The van der Waals surface area contributed by atoms with Crippen LogP contribution in [0.25, 0.3) is 0 Å². The topological polar surface area (TPSA) is 156 Å². The molecule has 12 nitrogen and oxygen atoms in total. The van der Waals surface area contributed by atoms with Gasteiger partial charge in [-0.2, -0.15) is 0 Å². The summed E-state index contributed by atoms with van der Waals surface area (Å²) in [6.07, 6.45) is 2.58. The third-order valence-corrected chi connectivity index (χ3v) is 7.01. The molecule has 1 aromatic carbocycles. The summed E-state index contributed by atoms with van der Waals surface area (Å²) in [7, 11) is 0. The first-order valence-corrected chi connectivity index (χ1v) is 14.9. The zero-order valence-corrected chi connectivity index (χ0v) is 25.8. The Bertz CT molecular complexity index is 1260. The standard InChI is InChI=1S/C32H43N5O7/c1-21(2)14-25(16-34-31(41)43-19-23-8-6-5-7-9-23)30(40)37-17-27(28(38)18-37)35-29(39)26(15-22(3)4)36-32(42)44-20-24-10-12-33-13-11-24/h5-13,21-22,25-27H,14-20H2,1-4H3,(H,34,41)(H,35,39)(H,36,42)/t25-,26-,27?/m0/s1. The van der Waals surface area contributed by atoms with Gasteiger partial charge in [-0.3, -0.25) is 19.4 Å². The molecule has 3 atom stereocenters. The zero-order valence-electron chi connectivity index (χ0n) is 25.8. The number of hydrogen-bond acceptors (Lipinski definition) is 8. The fourth-order valence-electron chi connectivity index (χ4n) is 4.85. The summed E-state index contributed by atoms with van der Waals surface area (Å²) in [5.41, 5.74) is 1.59. The molecule has 44 heavy (non-hydrogen) atoms. The number of amides is 4. The molecular formula is C32H43N5O7. The molecule has 238 valence electrons. The highest BCUT2D eigenvalue weighted by Crippen LogP contribution is 2.18. The maximum atomic E-state index is 13.5. The molecule has 0 radical (unpaired) electrons. The van der Waals surface area contributed by atoms with Gasteiger partial charge in [0.1, 0.15) is 25.3 Å². The Kier molecular flexibility index (Phi) is 13.1. The van der Waals surface area contributed by atoms with E-state index in [0.29, 0.717) is 12.8 Å². The Morgan fingerprint density at radius 2 is 1.50 bits per heavy atom. The van der Waals surface area contributed by atoms with E-state index in [0.717, 1.165) is 11.1 Å². The molecule has 1 aliphatic rings. The molecule has 2 aromatic rings. The molecular weight excluding hydrogens is 566 g/mol. The number of carbonyl (C=O) groups is 5. The third-order valence-electron chi connectivity index (χ3n) is 7.01. The monoisotopic (exact) mass is 609 g/mol. The van der Waals surface area contributed by atoms with Crippen molar-refractivity contribution in [3.05, 3.63) is 66.0 Å². The molecule has 12 heteroatoms. The quantitative estimate of drug-likeness (QED) is 0.295. The Hall–Kier alpha value is -4.48. The maximum Gasteiger partial charge on any atom is 0.408 e. The van der Waals surface area contributed by atoms with E-state index in [1.807, 2.05) is 58.0 Å². The minimum atomic E-state index is -0.933. The number of Topliss-reactive ketones (excluding diaryl/α,β-unsaturated/α-hetero) is 1. The number of ketones is 1. The fraction of sp³-hybridized carbons (Fsp3) is 0.500. The second kappa shape index (κ2) is 17.0. The Balaban J connectivity index is 1.54. The Morgan fingerprint density at radius 1 is 0.886 bits per heavy atom. The van der Waals surface area contributed by atoms with Crippen LogP contribution >= 0.6 is 0 Å². The molecule has 0 bridgehead atoms. The second-order valence-corrected chi connectivity index (χ2v) is 11.8. The highest BCUT2D eigenvalue weighted by molar-refractivity contribution is 5.97. The van der Waals surface area contributed by atoms with E-state index in [1.54, 1.807) is 24.5 Å². The SMILES string of the molecule is CC(C)C[C@@H](CNC(=O)OCc1ccccc1)C(=O)N1CC(=O)C(NC(=O)[C@H](CC(C)C)NC(=O)OCc2ccncc2)C1. The smallest absolute Gasteiger partial charge is 0.408 e. The first-order chi connectivity index (χ1) is 21.0. The van der Waals surface area contributed by atoms with E-state index in [2.05, 4.69) is 20.9 Å². The molecule has 1 aromatic heterocycles. The summed E-state index contributed by atoms with van der Waals surface area (Å²) in [6.45, 7) is 7.76. The number of likely N-dealkylation sites (tertiary alicyclic amines) is 1. The van der Waals surface area contributed by atoms with Crippen molar-refractivity contribution in [1.29, 1.82) is 0 Å². The summed E-state index contributed by atoms with van der Waals surface area (Å²) in [5, 5.41) is 7.98. The summed E-state index contributed by atoms with van der Waals surface area (Å²) >= 11 is 0. The van der Waals surface area contributed by atoms with Gasteiger partial charge in [0.05, 0.1) is 12.5 Å². The van der Waals surface area contributed by atoms with Gasteiger partial charge in [-0.25, -0.2) is 9.59 Å². The van der Waals surface area contributed by atoms with Crippen molar-refractivity contribution < 1.29 is 33.4 Å². The summed E-state index contributed by atoms with van der Waals surface area (Å²) in [5.74, 6) is -1.49. The lowest BCUT2D eigenvalue weighted by Gasteiger charge is -2.25. The van der Waals surface area contributed by atoms with Gasteiger partial charge in [0, 0.05) is 25.5 Å². The molecule has 1 saturated heterocycles. The number of carbonyl (C=O) groups excluding carboxylic acids is 5. The lowest BCUT2D eigenvalue weighted by molar-refractivity contribution is -0.136. The van der Waals surface area contributed by atoms with Crippen LogP contribution in [0.4, 0.5) is 9.59 Å². The molecule has 2 heterocycles. The number of nitrogens with one attached hydrogen (secondary N) is 3. The molecule has 0 aliphatic carbocycles. The average Bonchev–Trinajstić information content (AvgIpc) is 3.36.